The maximum absolute atomic E-state index is 4.36. The van der Waals surface area contributed by atoms with E-state index in [2.05, 4.69) is 33.5 Å². The largest absolute Gasteiger partial charge is 0.232 e. The molecule has 0 saturated carbocycles. The van der Waals surface area contributed by atoms with Crippen LogP contribution >= 0.6 is 24.0 Å². The van der Waals surface area contributed by atoms with Gasteiger partial charge in [0.1, 0.15) is 0 Å². The van der Waals surface area contributed by atoms with Crippen LogP contribution in [-0.2, 0) is 0 Å². The zero-order chi connectivity index (χ0) is 6.95. The van der Waals surface area contributed by atoms with Gasteiger partial charge in [-0.25, -0.2) is 4.99 Å². The summed E-state index contributed by atoms with van der Waals surface area (Å²) in [5.41, 5.74) is 0. The van der Waals surface area contributed by atoms with Gasteiger partial charge < -0.3 is 0 Å². The Bertz CT molecular complexity index is 160. The van der Waals surface area contributed by atoms with Crippen LogP contribution in [-0.4, -0.2) is 18.0 Å². The van der Waals surface area contributed by atoms with E-state index in [1.54, 1.807) is 0 Å². The fourth-order valence-electron chi connectivity index (χ4n) is 0.281. The van der Waals surface area contributed by atoms with Crippen molar-refractivity contribution in [1.82, 2.24) is 0 Å². The van der Waals surface area contributed by atoms with Gasteiger partial charge in [0.2, 0.25) is 0 Å². The van der Waals surface area contributed by atoms with E-state index in [1.807, 2.05) is 6.26 Å². The second-order valence-corrected chi connectivity index (χ2v) is 2.00. The predicted molar refractivity (Wildman–Crippen MR) is 45.8 cm³/mol. The average Bonchev–Trinajstić information content (AvgIpc) is 1.89. The van der Waals surface area contributed by atoms with Gasteiger partial charge >= 0.3 is 0 Å². The second-order valence-electron chi connectivity index (χ2n) is 1.21. The monoisotopic (exact) mass is 157 g/mol. The third-order valence-corrected chi connectivity index (χ3v) is 1.06. The predicted octanol–water partition coefficient (Wildman–Crippen LogP) is 1.80. The van der Waals surface area contributed by atoms with Crippen molar-refractivity contribution in [2.75, 3.05) is 12.8 Å². The van der Waals surface area contributed by atoms with E-state index in [1.165, 1.54) is 11.8 Å². The van der Waals surface area contributed by atoms with E-state index < -0.39 is 0 Å². The minimum atomic E-state index is 0.678. The Morgan fingerprint density at radius 2 is 2.44 bits per heavy atom. The Balaban J connectivity index is 3.18. The summed E-state index contributed by atoms with van der Waals surface area (Å²) in [4.78, 5) is 3.70. The summed E-state index contributed by atoms with van der Waals surface area (Å²) in [5, 5.41) is 5.13. The molecule has 0 aliphatic heterocycles. The van der Waals surface area contributed by atoms with Gasteiger partial charge in [0.05, 0.1) is 11.7 Å². The molecular formula is C6H7NS2. The molecule has 0 heterocycles. The molecule has 0 radical (unpaired) electrons. The molecule has 0 aliphatic rings. The van der Waals surface area contributed by atoms with Crippen LogP contribution in [0.1, 0.15) is 6.42 Å². The van der Waals surface area contributed by atoms with Crippen LogP contribution in [0.5, 0.6) is 0 Å². The number of thiocarbonyl (C=S) groups is 1. The number of hydrogen-bond acceptors (Lipinski definition) is 3. The summed E-state index contributed by atoms with van der Waals surface area (Å²) in [6, 6.07) is 0. The van der Waals surface area contributed by atoms with Crippen molar-refractivity contribution in [2.45, 2.75) is 6.42 Å². The van der Waals surface area contributed by atoms with Crippen LogP contribution < -0.4 is 0 Å². The lowest BCUT2D eigenvalue weighted by Gasteiger charge is -1.76. The zero-order valence-corrected chi connectivity index (χ0v) is 6.81. The number of thioether (sulfide) groups is 1. The molecule has 0 fully saturated rings. The first-order valence-corrected chi connectivity index (χ1v) is 4.09. The molecule has 48 valence electrons. The summed E-state index contributed by atoms with van der Waals surface area (Å²) in [5.74, 6) is 2.90. The van der Waals surface area contributed by atoms with Gasteiger partial charge in [-0.05, 0) is 23.7 Å². The number of nitrogens with zero attached hydrogens (tertiary/aromatic N) is 1. The Kier molecular flexibility index (Phi) is 7.46. The van der Waals surface area contributed by atoms with E-state index >= 15 is 0 Å². The number of aliphatic imine (C=N–C) groups is 1. The molecule has 0 bridgehead atoms. The first kappa shape index (κ1) is 8.71. The Hall–Kier alpha value is -0.290. The first-order valence-electron chi connectivity index (χ1n) is 2.46. The molecule has 9 heavy (non-hydrogen) atoms. The van der Waals surface area contributed by atoms with Gasteiger partial charge in [-0.2, -0.15) is 0 Å². The fourth-order valence-corrected chi connectivity index (χ4v) is 0.618. The van der Waals surface area contributed by atoms with Gasteiger partial charge in [-0.15, -0.1) is 0 Å². The minimum absolute atomic E-state index is 0.678. The molecule has 1 nitrogen and oxygen atoms in total. The number of rotatable bonds is 2. The molecule has 3 heteroatoms. The molecule has 0 aromatic heterocycles. The van der Waals surface area contributed by atoms with Crippen LogP contribution in [0.4, 0.5) is 0 Å². The molecule has 0 aliphatic carbocycles. The van der Waals surface area contributed by atoms with Crippen molar-refractivity contribution >= 4 is 29.1 Å². The van der Waals surface area contributed by atoms with Gasteiger partial charge in [-0.3, -0.25) is 0 Å². The highest BCUT2D eigenvalue weighted by Crippen LogP contribution is 1.85. The summed E-state index contributed by atoms with van der Waals surface area (Å²) in [6.45, 7) is 0.678. The number of hydrogen-bond donors (Lipinski definition) is 0. The zero-order valence-electron chi connectivity index (χ0n) is 5.18. The third-order valence-electron chi connectivity index (χ3n) is 0.587. The standard InChI is InChI=1S/C6H7NS2/c1-9-5-3-2-4-7-6-8/h2,4H2,1H3. The Morgan fingerprint density at radius 1 is 1.67 bits per heavy atom. The highest BCUT2D eigenvalue weighted by atomic mass is 32.2. The van der Waals surface area contributed by atoms with Gasteiger partial charge in [0.15, 0.2) is 0 Å². The lowest BCUT2D eigenvalue weighted by Crippen LogP contribution is -1.72. The summed E-state index contributed by atoms with van der Waals surface area (Å²) >= 11 is 5.87. The van der Waals surface area contributed by atoms with Crippen molar-refractivity contribution < 1.29 is 0 Å². The number of isothiocyanates is 1. The molecule has 0 atom stereocenters. The Labute approximate surface area is 64.9 Å². The average molecular weight is 157 g/mol. The molecule has 0 aromatic rings. The summed E-state index contributed by atoms with van der Waals surface area (Å²) in [6.07, 6.45) is 2.72. The fraction of sp³-hybridized carbons (Fsp3) is 0.500. The van der Waals surface area contributed by atoms with E-state index in [4.69, 9.17) is 0 Å². The summed E-state index contributed by atoms with van der Waals surface area (Å²) in [7, 11) is 0. The van der Waals surface area contributed by atoms with Crippen LogP contribution in [0.3, 0.4) is 0 Å². The molecule has 0 rings (SSSR count). The van der Waals surface area contributed by atoms with E-state index in [9.17, 15) is 0 Å². The van der Waals surface area contributed by atoms with Crippen molar-refractivity contribution in [3.8, 4) is 11.2 Å². The molecule has 0 spiro atoms. The second kappa shape index (κ2) is 7.71. The molecule has 0 amide bonds. The van der Waals surface area contributed by atoms with E-state index in [-0.39, 0.29) is 0 Å². The maximum Gasteiger partial charge on any atom is 0.0602 e. The highest BCUT2D eigenvalue weighted by Gasteiger charge is 1.71. The maximum atomic E-state index is 4.36. The van der Waals surface area contributed by atoms with Crippen molar-refractivity contribution in [3.63, 3.8) is 0 Å². The normalized spacial score (nSPS) is 6.78. The summed E-state index contributed by atoms with van der Waals surface area (Å²) < 4.78 is 0. The Morgan fingerprint density at radius 3 is 3.00 bits per heavy atom. The van der Waals surface area contributed by atoms with Crippen molar-refractivity contribution in [1.29, 1.82) is 0 Å². The quantitative estimate of drug-likeness (QED) is 0.262. The molecule has 0 aromatic carbocycles. The smallest absolute Gasteiger partial charge is 0.0602 e. The van der Waals surface area contributed by atoms with Crippen LogP contribution in [0, 0.1) is 11.2 Å². The van der Waals surface area contributed by atoms with Crippen molar-refractivity contribution in [2.24, 2.45) is 4.99 Å². The minimum Gasteiger partial charge on any atom is -0.232 e. The van der Waals surface area contributed by atoms with Gasteiger partial charge in [0.25, 0.3) is 0 Å². The molecule has 0 N–H and O–H groups in total. The lowest BCUT2D eigenvalue weighted by molar-refractivity contribution is 1.04. The van der Waals surface area contributed by atoms with Crippen LogP contribution in [0.2, 0.25) is 0 Å². The molecule has 0 unspecified atom stereocenters. The SMILES string of the molecule is CSC#CCCN=C=S. The van der Waals surface area contributed by atoms with E-state index in [0.29, 0.717) is 6.54 Å². The van der Waals surface area contributed by atoms with Crippen LogP contribution in [0.25, 0.3) is 0 Å². The van der Waals surface area contributed by atoms with Gasteiger partial charge in [0, 0.05) is 6.42 Å². The molecular weight excluding hydrogens is 150 g/mol. The highest BCUT2D eigenvalue weighted by molar-refractivity contribution is 8.03. The third kappa shape index (κ3) is 7.71. The first-order chi connectivity index (χ1) is 4.41. The lowest BCUT2D eigenvalue weighted by atomic mass is 10.5. The topological polar surface area (TPSA) is 12.4 Å². The van der Waals surface area contributed by atoms with E-state index in [0.717, 1.165) is 6.42 Å². The van der Waals surface area contributed by atoms with Crippen LogP contribution in [0.15, 0.2) is 4.99 Å². The van der Waals surface area contributed by atoms with Crippen molar-refractivity contribution in [3.05, 3.63) is 0 Å². The van der Waals surface area contributed by atoms with Gasteiger partial charge in [-0.1, -0.05) is 17.7 Å². The molecule has 0 saturated heterocycles.